The van der Waals surface area contributed by atoms with Crippen LogP contribution in [-0.2, 0) is 0 Å². The molecule has 3 aromatic rings. The first kappa shape index (κ1) is 17.7. The Morgan fingerprint density at radius 2 is 1.73 bits per heavy atom. The van der Waals surface area contributed by atoms with Crippen molar-refractivity contribution in [2.24, 2.45) is 0 Å². The van der Waals surface area contributed by atoms with Gasteiger partial charge in [-0.1, -0.05) is 37.3 Å². The average molecular weight is 348 g/mol. The molecule has 5 heteroatoms. The Labute approximate surface area is 154 Å². The summed E-state index contributed by atoms with van der Waals surface area (Å²) in [7, 11) is 1.66. The van der Waals surface area contributed by atoms with Gasteiger partial charge in [0.1, 0.15) is 11.6 Å². The first-order valence-electron chi connectivity index (χ1n) is 8.80. The molecule has 1 aromatic heterocycles. The summed E-state index contributed by atoms with van der Waals surface area (Å²) in [5.74, 6) is 2.19. The second kappa shape index (κ2) is 8.34. The summed E-state index contributed by atoms with van der Waals surface area (Å²) in [6, 6.07) is 20.1. The van der Waals surface area contributed by atoms with Gasteiger partial charge in [-0.15, -0.1) is 0 Å². The van der Waals surface area contributed by atoms with E-state index in [1.54, 1.807) is 7.11 Å². The average Bonchev–Trinajstić information content (AvgIpc) is 2.69. The topological polar surface area (TPSA) is 59.1 Å². The summed E-state index contributed by atoms with van der Waals surface area (Å²) in [6.07, 6.45) is 1.00. The second-order valence-corrected chi connectivity index (χ2v) is 6.14. The van der Waals surface area contributed by atoms with E-state index < -0.39 is 0 Å². The molecule has 26 heavy (non-hydrogen) atoms. The lowest BCUT2D eigenvalue weighted by molar-refractivity contribution is 0.415. The highest BCUT2D eigenvalue weighted by Crippen LogP contribution is 2.25. The van der Waals surface area contributed by atoms with E-state index in [-0.39, 0.29) is 0 Å². The van der Waals surface area contributed by atoms with Gasteiger partial charge in [0, 0.05) is 23.4 Å². The van der Waals surface area contributed by atoms with Crippen molar-refractivity contribution in [3.63, 3.8) is 0 Å². The lowest BCUT2D eigenvalue weighted by Gasteiger charge is -2.15. The smallest absolute Gasteiger partial charge is 0.225 e. The summed E-state index contributed by atoms with van der Waals surface area (Å²) in [5, 5.41) is 6.71. The Hall–Kier alpha value is -3.08. The Balaban J connectivity index is 1.93. The van der Waals surface area contributed by atoms with Crippen LogP contribution in [0.5, 0.6) is 5.75 Å². The number of methoxy groups -OCH3 is 1. The Bertz CT molecular complexity index is 834. The van der Waals surface area contributed by atoms with Crippen LogP contribution in [0.4, 0.5) is 17.5 Å². The predicted molar refractivity (Wildman–Crippen MR) is 107 cm³/mol. The fourth-order valence-electron chi connectivity index (χ4n) is 2.48. The highest BCUT2D eigenvalue weighted by molar-refractivity contribution is 5.67. The molecule has 1 atom stereocenters. The van der Waals surface area contributed by atoms with E-state index in [9.17, 15) is 0 Å². The maximum absolute atomic E-state index is 5.21. The minimum absolute atomic E-state index is 0.301. The molecule has 1 unspecified atom stereocenters. The van der Waals surface area contributed by atoms with Gasteiger partial charge in [-0.3, -0.25) is 0 Å². The molecule has 0 spiro atoms. The van der Waals surface area contributed by atoms with Crippen LogP contribution in [0.25, 0.3) is 11.3 Å². The highest BCUT2D eigenvalue weighted by Gasteiger charge is 2.09. The highest BCUT2D eigenvalue weighted by atomic mass is 16.5. The maximum Gasteiger partial charge on any atom is 0.225 e. The first-order valence-corrected chi connectivity index (χ1v) is 8.80. The van der Waals surface area contributed by atoms with E-state index in [0.717, 1.165) is 34.9 Å². The number of rotatable bonds is 7. The molecular formula is C21H24N4O. The van der Waals surface area contributed by atoms with Crippen molar-refractivity contribution in [2.45, 2.75) is 26.3 Å². The molecule has 0 amide bonds. The number of aromatic nitrogens is 2. The van der Waals surface area contributed by atoms with Crippen LogP contribution >= 0.6 is 0 Å². The third kappa shape index (κ3) is 4.51. The van der Waals surface area contributed by atoms with E-state index in [4.69, 9.17) is 4.74 Å². The van der Waals surface area contributed by atoms with Gasteiger partial charge in [-0.2, -0.15) is 4.98 Å². The van der Waals surface area contributed by atoms with Crippen LogP contribution in [0.2, 0.25) is 0 Å². The van der Waals surface area contributed by atoms with E-state index in [2.05, 4.69) is 34.4 Å². The molecule has 0 aliphatic carbocycles. The van der Waals surface area contributed by atoms with Crippen LogP contribution < -0.4 is 15.4 Å². The molecule has 0 radical (unpaired) electrons. The van der Waals surface area contributed by atoms with Crippen molar-refractivity contribution in [1.82, 2.24) is 9.97 Å². The predicted octanol–water partition coefficient (Wildman–Crippen LogP) is 5.11. The lowest BCUT2D eigenvalue weighted by Crippen LogP contribution is -2.16. The molecule has 0 saturated carbocycles. The number of nitrogens with one attached hydrogen (secondary N) is 2. The monoisotopic (exact) mass is 348 g/mol. The van der Waals surface area contributed by atoms with Gasteiger partial charge in [0.2, 0.25) is 5.95 Å². The number of ether oxygens (including phenoxy) is 1. The molecular weight excluding hydrogens is 324 g/mol. The number of nitrogens with zero attached hydrogens (tertiary/aromatic N) is 2. The van der Waals surface area contributed by atoms with Crippen LogP contribution in [0.3, 0.4) is 0 Å². The van der Waals surface area contributed by atoms with Gasteiger partial charge in [-0.05, 0) is 37.6 Å². The quantitative estimate of drug-likeness (QED) is 0.621. The molecule has 0 aliphatic rings. The molecule has 134 valence electrons. The zero-order valence-electron chi connectivity index (χ0n) is 15.4. The Morgan fingerprint density at radius 3 is 2.38 bits per heavy atom. The number of anilines is 3. The van der Waals surface area contributed by atoms with E-state index >= 15 is 0 Å². The Morgan fingerprint density at radius 1 is 1.00 bits per heavy atom. The van der Waals surface area contributed by atoms with Crippen LogP contribution in [0.1, 0.15) is 20.3 Å². The molecule has 0 saturated heterocycles. The fraction of sp³-hybridized carbons (Fsp3) is 0.238. The summed E-state index contributed by atoms with van der Waals surface area (Å²) in [5.41, 5.74) is 2.88. The van der Waals surface area contributed by atoms with E-state index in [0.29, 0.717) is 12.0 Å². The van der Waals surface area contributed by atoms with Crippen molar-refractivity contribution in [3.8, 4) is 17.0 Å². The molecule has 3 rings (SSSR count). The van der Waals surface area contributed by atoms with Crippen molar-refractivity contribution in [1.29, 1.82) is 0 Å². The first-order chi connectivity index (χ1) is 12.7. The van der Waals surface area contributed by atoms with Crippen LogP contribution in [0, 0.1) is 0 Å². The normalized spacial score (nSPS) is 11.7. The second-order valence-electron chi connectivity index (χ2n) is 6.14. The summed E-state index contributed by atoms with van der Waals surface area (Å²) >= 11 is 0. The summed E-state index contributed by atoms with van der Waals surface area (Å²) in [4.78, 5) is 9.30. The van der Waals surface area contributed by atoms with Crippen molar-refractivity contribution in [2.75, 3.05) is 17.7 Å². The SMILES string of the molecule is CCC(C)Nc1nc(Nc2ccc(OC)cc2)cc(-c2ccccc2)n1. The largest absolute Gasteiger partial charge is 0.497 e. The van der Waals surface area contributed by atoms with Gasteiger partial charge >= 0.3 is 0 Å². The number of hydrogen-bond donors (Lipinski definition) is 2. The number of hydrogen-bond acceptors (Lipinski definition) is 5. The molecule has 0 bridgehead atoms. The van der Waals surface area contributed by atoms with Gasteiger partial charge < -0.3 is 15.4 Å². The van der Waals surface area contributed by atoms with Gasteiger partial charge in [-0.25, -0.2) is 4.98 Å². The van der Waals surface area contributed by atoms with Crippen molar-refractivity contribution in [3.05, 3.63) is 60.7 Å². The van der Waals surface area contributed by atoms with Gasteiger partial charge in [0.25, 0.3) is 0 Å². The minimum atomic E-state index is 0.301. The van der Waals surface area contributed by atoms with Crippen molar-refractivity contribution < 1.29 is 4.74 Å². The maximum atomic E-state index is 5.21. The third-order valence-electron chi connectivity index (χ3n) is 4.15. The molecule has 0 aliphatic heterocycles. The Kier molecular flexibility index (Phi) is 5.69. The van der Waals surface area contributed by atoms with Crippen molar-refractivity contribution >= 4 is 17.5 Å². The van der Waals surface area contributed by atoms with Gasteiger partial charge in [0.05, 0.1) is 12.8 Å². The standard InChI is InChI=1S/C21H24N4O/c1-4-15(2)22-21-24-19(16-8-6-5-7-9-16)14-20(25-21)23-17-10-12-18(26-3)13-11-17/h5-15H,4H2,1-3H3,(H2,22,23,24,25). The summed E-state index contributed by atoms with van der Waals surface area (Å²) < 4.78 is 5.21. The zero-order valence-corrected chi connectivity index (χ0v) is 15.4. The molecule has 0 fully saturated rings. The third-order valence-corrected chi connectivity index (χ3v) is 4.15. The zero-order chi connectivity index (χ0) is 18.4. The van der Waals surface area contributed by atoms with Crippen LogP contribution in [-0.4, -0.2) is 23.1 Å². The van der Waals surface area contributed by atoms with Gasteiger partial charge in [0.15, 0.2) is 0 Å². The van der Waals surface area contributed by atoms with E-state index in [1.807, 2.05) is 60.7 Å². The lowest BCUT2D eigenvalue weighted by atomic mass is 10.1. The number of benzene rings is 2. The molecule has 2 N–H and O–H groups in total. The molecule has 1 heterocycles. The molecule has 2 aromatic carbocycles. The van der Waals surface area contributed by atoms with Crippen LogP contribution in [0.15, 0.2) is 60.7 Å². The summed E-state index contributed by atoms with van der Waals surface area (Å²) in [6.45, 7) is 4.25. The molecule has 5 nitrogen and oxygen atoms in total. The van der Waals surface area contributed by atoms with E-state index in [1.165, 1.54) is 0 Å². The minimum Gasteiger partial charge on any atom is -0.497 e. The fourth-order valence-corrected chi connectivity index (χ4v) is 2.48.